The highest BCUT2D eigenvalue weighted by Gasteiger charge is 2.67. The minimum atomic E-state index is -1.54. The normalized spacial score (nSPS) is 43.7. The van der Waals surface area contributed by atoms with Gasteiger partial charge in [-0.2, -0.15) is 0 Å². The molecule has 160 valence electrons. The van der Waals surface area contributed by atoms with Gasteiger partial charge in [0.1, 0.15) is 12.0 Å². The summed E-state index contributed by atoms with van der Waals surface area (Å²) in [6, 6.07) is 0. The topological polar surface area (TPSA) is 71.1 Å². The molecule has 5 atom stereocenters. The van der Waals surface area contributed by atoms with Crippen LogP contribution in [0.4, 0.5) is 0 Å². The third-order valence-corrected chi connectivity index (χ3v) is 8.58. The van der Waals surface area contributed by atoms with Crippen molar-refractivity contribution < 1.29 is 28.5 Å². The Morgan fingerprint density at radius 2 is 1.93 bits per heavy atom. The van der Waals surface area contributed by atoms with E-state index in [-0.39, 0.29) is 17.3 Å². The number of rotatable bonds is 3. The molecule has 2 fully saturated rings. The minimum Gasteiger partial charge on any atom is -0.484 e. The highest BCUT2D eigenvalue weighted by molar-refractivity contribution is 5.93. The van der Waals surface area contributed by atoms with E-state index in [1.807, 2.05) is 0 Å². The molecule has 2 aliphatic heterocycles. The maximum Gasteiger partial charge on any atom is 0.340 e. The fourth-order valence-electron chi connectivity index (χ4n) is 6.42. The Balaban J connectivity index is 1.79. The van der Waals surface area contributed by atoms with Gasteiger partial charge >= 0.3 is 11.9 Å². The Bertz CT molecular complexity index is 814. The summed E-state index contributed by atoms with van der Waals surface area (Å²) in [5, 5.41) is 0. The summed E-state index contributed by atoms with van der Waals surface area (Å²) in [4.78, 5) is 24.9. The quantitative estimate of drug-likeness (QED) is 0.522. The molecular weight excluding hydrogens is 372 g/mol. The highest BCUT2D eigenvalue weighted by Crippen LogP contribution is 2.68. The number of hydrogen-bond acceptors (Lipinski definition) is 6. The Labute approximate surface area is 172 Å². The lowest BCUT2D eigenvalue weighted by Gasteiger charge is -2.64. The molecule has 0 N–H and O–H groups in total. The van der Waals surface area contributed by atoms with E-state index in [9.17, 15) is 9.59 Å². The van der Waals surface area contributed by atoms with Gasteiger partial charge < -0.3 is 18.9 Å². The van der Waals surface area contributed by atoms with Crippen LogP contribution in [-0.4, -0.2) is 37.5 Å². The molecule has 0 spiro atoms. The van der Waals surface area contributed by atoms with Crippen molar-refractivity contribution >= 4 is 11.9 Å². The second-order valence-corrected chi connectivity index (χ2v) is 9.80. The van der Waals surface area contributed by atoms with Crippen LogP contribution >= 0.6 is 0 Å². The lowest BCUT2D eigenvalue weighted by molar-refractivity contribution is -0.240. The molecule has 2 aliphatic carbocycles. The van der Waals surface area contributed by atoms with Crippen LogP contribution in [0.2, 0.25) is 0 Å². The van der Waals surface area contributed by atoms with Gasteiger partial charge in [-0.3, -0.25) is 4.79 Å². The van der Waals surface area contributed by atoms with E-state index in [0.29, 0.717) is 23.7 Å². The molecule has 0 saturated heterocycles. The zero-order valence-electron chi connectivity index (χ0n) is 18.2. The van der Waals surface area contributed by atoms with Gasteiger partial charge in [0.05, 0.1) is 12.7 Å². The van der Waals surface area contributed by atoms with Crippen molar-refractivity contribution in [1.82, 2.24) is 0 Å². The number of hydrogen-bond donors (Lipinski definition) is 0. The van der Waals surface area contributed by atoms with E-state index in [2.05, 4.69) is 27.4 Å². The Morgan fingerprint density at radius 3 is 2.59 bits per heavy atom. The van der Waals surface area contributed by atoms with Crippen LogP contribution in [0.3, 0.4) is 0 Å². The molecule has 0 amide bonds. The van der Waals surface area contributed by atoms with Crippen LogP contribution in [-0.2, 0) is 28.5 Å². The number of esters is 2. The van der Waals surface area contributed by atoms with Crippen LogP contribution in [0.1, 0.15) is 65.7 Å². The molecule has 6 heteroatoms. The molecule has 29 heavy (non-hydrogen) atoms. The van der Waals surface area contributed by atoms with Crippen LogP contribution in [0, 0.1) is 16.7 Å². The van der Waals surface area contributed by atoms with Gasteiger partial charge in [-0.05, 0) is 56.8 Å². The first-order valence-corrected chi connectivity index (χ1v) is 10.5. The first-order chi connectivity index (χ1) is 13.6. The first-order valence-electron chi connectivity index (χ1n) is 10.5. The maximum absolute atomic E-state index is 12.9. The standard InChI is InChI=1S/C23H32O6/c1-14-8-7-9-16-20(14,2)10-11-22(4)21(16,3)12-15-18(28-22)23(27-6,29-19(15)25)13-17(24)26-5/h16H,1,7-13H2,2-6H3. The second-order valence-electron chi connectivity index (χ2n) is 9.80. The molecule has 2 saturated carbocycles. The smallest absolute Gasteiger partial charge is 0.340 e. The summed E-state index contributed by atoms with van der Waals surface area (Å²) in [6.45, 7) is 11.1. The van der Waals surface area contributed by atoms with Crippen molar-refractivity contribution in [2.45, 2.75) is 77.1 Å². The monoisotopic (exact) mass is 404 g/mol. The number of carbonyl (C=O) groups is 2. The van der Waals surface area contributed by atoms with E-state index in [0.717, 1.165) is 32.1 Å². The molecule has 0 radical (unpaired) electrons. The summed E-state index contributed by atoms with van der Waals surface area (Å²) in [6.07, 6.45) is 5.45. The van der Waals surface area contributed by atoms with Crippen molar-refractivity contribution in [1.29, 1.82) is 0 Å². The summed E-state index contributed by atoms with van der Waals surface area (Å²) in [7, 11) is 2.73. The Morgan fingerprint density at radius 1 is 1.21 bits per heavy atom. The molecule has 4 aliphatic rings. The first kappa shape index (κ1) is 20.5. The van der Waals surface area contributed by atoms with E-state index in [4.69, 9.17) is 18.9 Å². The van der Waals surface area contributed by atoms with Crippen LogP contribution in [0.25, 0.3) is 0 Å². The fourth-order valence-corrected chi connectivity index (χ4v) is 6.42. The molecule has 0 aromatic rings. The predicted octanol–water partition coefficient (Wildman–Crippen LogP) is 4.04. The predicted molar refractivity (Wildman–Crippen MR) is 106 cm³/mol. The van der Waals surface area contributed by atoms with E-state index in [1.54, 1.807) is 0 Å². The number of cyclic esters (lactones) is 1. The average Bonchev–Trinajstić information content (AvgIpc) is 2.93. The summed E-state index contributed by atoms with van der Waals surface area (Å²) in [5.74, 6) is -1.80. The average molecular weight is 405 g/mol. The van der Waals surface area contributed by atoms with Gasteiger partial charge in [0.15, 0.2) is 5.76 Å². The Kier molecular flexibility index (Phi) is 4.47. The van der Waals surface area contributed by atoms with Gasteiger partial charge in [0, 0.05) is 12.5 Å². The Hall–Kier alpha value is -1.82. The van der Waals surface area contributed by atoms with Crippen molar-refractivity contribution in [2.75, 3.05) is 14.2 Å². The third-order valence-electron chi connectivity index (χ3n) is 8.58. The van der Waals surface area contributed by atoms with Crippen LogP contribution < -0.4 is 0 Å². The van der Waals surface area contributed by atoms with Crippen LogP contribution in [0.15, 0.2) is 23.5 Å². The molecule has 5 unspecified atom stereocenters. The molecule has 2 heterocycles. The van der Waals surface area contributed by atoms with Gasteiger partial charge in [0.2, 0.25) is 0 Å². The number of ether oxygens (including phenoxy) is 4. The molecule has 0 aromatic heterocycles. The highest BCUT2D eigenvalue weighted by atomic mass is 16.7. The van der Waals surface area contributed by atoms with Crippen LogP contribution in [0.5, 0.6) is 0 Å². The van der Waals surface area contributed by atoms with E-state index < -0.39 is 23.3 Å². The number of methoxy groups -OCH3 is 2. The molecular formula is C23H32O6. The maximum atomic E-state index is 12.9. The van der Waals surface area contributed by atoms with Gasteiger partial charge in [-0.1, -0.05) is 26.0 Å². The second kappa shape index (κ2) is 6.34. The number of allylic oxidation sites excluding steroid dienone is 1. The minimum absolute atomic E-state index is 0.0564. The molecule has 4 rings (SSSR count). The fraction of sp³-hybridized carbons (Fsp3) is 0.739. The zero-order valence-corrected chi connectivity index (χ0v) is 18.2. The summed E-state index contributed by atoms with van der Waals surface area (Å²) < 4.78 is 22.6. The van der Waals surface area contributed by atoms with Gasteiger partial charge in [-0.25, -0.2) is 4.79 Å². The van der Waals surface area contributed by atoms with Gasteiger partial charge in [-0.15, -0.1) is 0 Å². The molecule has 6 nitrogen and oxygen atoms in total. The largest absolute Gasteiger partial charge is 0.484 e. The summed E-state index contributed by atoms with van der Waals surface area (Å²) >= 11 is 0. The van der Waals surface area contributed by atoms with Crippen molar-refractivity contribution in [3.05, 3.63) is 23.5 Å². The lowest BCUT2D eigenvalue weighted by Crippen LogP contribution is -2.62. The molecule has 0 bridgehead atoms. The van der Waals surface area contributed by atoms with Crippen molar-refractivity contribution in [2.24, 2.45) is 16.7 Å². The zero-order chi connectivity index (χ0) is 21.2. The van der Waals surface area contributed by atoms with Gasteiger partial charge in [0.25, 0.3) is 5.79 Å². The lowest BCUT2D eigenvalue weighted by atomic mass is 9.44. The number of carbonyl (C=O) groups excluding carboxylic acids is 2. The van der Waals surface area contributed by atoms with Crippen molar-refractivity contribution in [3.8, 4) is 0 Å². The third kappa shape index (κ3) is 2.57. The van der Waals surface area contributed by atoms with Crippen molar-refractivity contribution in [3.63, 3.8) is 0 Å². The molecule has 0 aromatic carbocycles. The SMILES string of the molecule is C=C1CCCC2C1(C)CCC1(C)OC3=C(CC21C)C(=O)OC3(CC(=O)OC)OC. The summed E-state index contributed by atoms with van der Waals surface area (Å²) in [5.41, 5.74) is 1.15. The van der Waals surface area contributed by atoms with E-state index >= 15 is 0 Å². The van der Waals surface area contributed by atoms with E-state index in [1.165, 1.54) is 19.8 Å². The number of fused-ring (bicyclic) bond motifs is 3.